The first-order chi connectivity index (χ1) is 18.8. The molecule has 18 heteroatoms. The van der Waals surface area contributed by atoms with Crippen molar-refractivity contribution >= 4 is 63.6 Å². The minimum Gasteiger partial charge on any atom is -0.477 e. The van der Waals surface area contributed by atoms with Crippen molar-refractivity contribution in [2.75, 3.05) is 24.6 Å². The van der Waals surface area contributed by atoms with E-state index in [1.807, 2.05) is 0 Å². The van der Waals surface area contributed by atoms with Gasteiger partial charge >= 0.3 is 18.1 Å². The first-order valence-corrected chi connectivity index (χ1v) is 13.0. The van der Waals surface area contributed by atoms with Gasteiger partial charge in [-0.25, -0.2) is 14.6 Å². The molecule has 2 fully saturated rings. The van der Waals surface area contributed by atoms with Crippen LogP contribution in [0, 0.1) is 12.3 Å². The first-order valence-electron chi connectivity index (χ1n) is 11.1. The van der Waals surface area contributed by atoms with Crippen molar-refractivity contribution in [3.63, 3.8) is 0 Å². The molecule has 4 heterocycles. The number of amides is 3. The van der Waals surface area contributed by atoms with E-state index in [0.717, 1.165) is 28.0 Å². The molecule has 13 nitrogen and oxygen atoms in total. The molecule has 1 aromatic rings. The number of aromatic nitrogens is 1. The van der Waals surface area contributed by atoms with E-state index in [2.05, 4.69) is 26.2 Å². The molecule has 1 aromatic heterocycles. The summed E-state index contributed by atoms with van der Waals surface area (Å²) in [5, 5.41) is 15.3. The van der Waals surface area contributed by atoms with Gasteiger partial charge in [0, 0.05) is 23.3 Å². The van der Waals surface area contributed by atoms with Crippen molar-refractivity contribution in [2.24, 2.45) is 5.16 Å². The van der Waals surface area contributed by atoms with Crippen molar-refractivity contribution in [3.8, 4) is 12.3 Å². The third-order valence-electron chi connectivity index (χ3n) is 5.76. The molecule has 3 aliphatic rings. The number of oxime groups is 1. The Labute approximate surface area is 230 Å². The summed E-state index contributed by atoms with van der Waals surface area (Å²) in [4.78, 5) is 71.5. The third-order valence-corrected chi connectivity index (χ3v) is 7.74. The molecule has 0 spiro atoms. The summed E-state index contributed by atoms with van der Waals surface area (Å²) in [6.45, 7) is 0.460. The molecule has 4 N–H and O–H groups in total. The van der Waals surface area contributed by atoms with Crippen molar-refractivity contribution in [3.05, 3.63) is 34.0 Å². The topological polar surface area (TPSA) is 185 Å². The average Bonchev–Trinajstić information content (AvgIpc) is 3.47. The Morgan fingerprint density at radius 3 is 2.70 bits per heavy atom. The molecule has 0 aromatic carbocycles. The van der Waals surface area contributed by atoms with Gasteiger partial charge in [0.15, 0.2) is 10.8 Å². The Morgan fingerprint density at radius 1 is 1.38 bits per heavy atom. The summed E-state index contributed by atoms with van der Waals surface area (Å²) in [6, 6.07) is -1.31. The molecule has 2 atom stereocenters. The maximum Gasteiger partial charge on any atom is 0.493 e. The van der Waals surface area contributed by atoms with Crippen LogP contribution < -0.4 is 11.1 Å². The number of carboxylic acids is 1. The highest BCUT2D eigenvalue weighted by Crippen LogP contribution is 2.41. The van der Waals surface area contributed by atoms with E-state index in [1.165, 1.54) is 16.4 Å². The number of carbonyl (C=O) groups is 5. The van der Waals surface area contributed by atoms with Gasteiger partial charge in [-0.3, -0.25) is 19.3 Å². The molecule has 0 bridgehead atoms. The van der Waals surface area contributed by atoms with E-state index >= 15 is 0 Å². The van der Waals surface area contributed by atoms with Crippen LogP contribution >= 0.6 is 23.1 Å². The van der Waals surface area contributed by atoms with Crippen LogP contribution in [0.1, 0.15) is 12.1 Å². The van der Waals surface area contributed by atoms with E-state index < -0.39 is 47.1 Å². The number of nitrogens with zero attached hydrogens (tertiary/aromatic N) is 4. The van der Waals surface area contributed by atoms with Gasteiger partial charge in [0.05, 0.1) is 6.54 Å². The number of rotatable bonds is 7. The zero-order valence-corrected chi connectivity index (χ0v) is 21.6. The third kappa shape index (κ3) is 5.51. The predicted molar refractivity (Wildman–Crippen MR) is 133 cm³/mol. The summed E-state index contributed by atoms with van der Waals surface area (Å²) in [6.07, 6.45) is 1.60. The van der Waals surface area contributed by atoms with Crippen LogP contribution in [-0.2, 0) is 28.8 Å². The smallest absolute Gasteiger partial charge is 0.477 e. The summed E-state index contributed by atoms with van der Waals surface area (Å²) >= 11 is 1.90. The number of fused-ring (bicyclic) bond motifs is 1. The first kappa shape index (κ1) is 28.6. The number of thioether (sulfide) groups is 1. The van der Waals surface area contributed by atoms with Gasteiger partial charge in [-0.2, -0.15) is 13.2 Å². The van der Waals surface area contributed by atoms with Crippen LogP contribution in [0.2, 0.25) is 0 Å². The van der Waals surface area contributed by atoms with E-state index in [-0.39, 0.29) is 40.3 Å². The molecule has 210 valence electrons. The molecular weight excluding hydrogens is 581 g/mol. The number of carbonyl (C=O) groups excluding carboxylic acids is 4. The standard InChI is InChI=1S/C22H17F3N6O7S2/c1-2-4-30-5-3-9(16(30)33)6-10-7-39-18-13(17(34)31(18)14(10)19(35)36)28-15(32)12(11-8-40-21(26)27-11)29-38-20(37)22(23,24)25/h1,6,8,13,18H,3-5,7H2,(H2,26,27)(H,28,32)(H,35,36)/b9-6+,29-12-/t13-,18-/m1/s1. The van der Waals surface area contributed by atoms with E-state index in [1.54, 1.807) is 0 Å². The number of alkyl halides is 3. The Kier molecular flexibility index (Phi) is 7.88. The van der Waals surface area contributed by atoms with Gasteiger partial charge in [0.2, 0.25) is 0 Å². The summed E-state index contributed by atoms with van der Waals surface area (Å²) in [7, 11) is 0. The van der Waals surface area contributed by atoms with Crippen LogP contribution in [0.3, 0.4) is 0 Å². The Hall–Kier alpha value is -4.37. The maximum absolute atomic E-state index is 13.0. The molecule has 0 unspecified atom stereocenters. The molecular formula is C22H17F3N6O7S2. The zero-order valence-electron chi connectivity index (χ0n) is 19.9. The number of β-lactam (4-membered cyclic amide) rings is 1. The number of likely N-dealkylation sites (tertiary alicyclic amines) is 1. The molecule has 0 aliphatic carbocycles. The normalized spacial score (nSPS) is 22.1. The number of aliphatic carboxylic acids is 1. The number of hydrogen-bond acceptors (Lipinski definition) is 11. The lowest BCUT2D eigenvalue weighted by Gasteiger charge is -2.49. The van der Waals surface area contributed by atoms with Crippen LogP contribution in [0.25, 0.3) is 0 Å². The van der Waals surface area contributed by atoms with Crippen molar-refractivity contribution < 1.29 is 47.1 Å². The number of nitrogen functional groups attached to an aromatic ring is 1. The fourth-order valence-corrected chi connectivity index (χ4v) is 5.83. The molecule has 3 aliphatic heterocycles. The highest BCUT2D eigenvalue weighted by Gasteiger charge is 2.54. The number of halogens is 3. The minimum absolute atomic E-state index is 0.0567. The SMILES string of the molecule is C#CCN1CC/C(=C\C2=C(C(=O)O)N3C(=O)[C@@H](NC(=O)/C(=N\OC(=O)C(F)(F)F)c4csc(N)n4)[C@H]3SC2)C1=O. The average molecular weight is 599 g/mol. The second-order valence-corrected chi connectivity index (χ2v) is 10.3. The lowest BCUT2D eigenvalue weighted by molar-refractivity contribution is -0.199. The minimum atomic E-state index is -5.40. The van der Waals surface area contributed by atoms with Crippen molar-refractivity contribution in [2.45, 2.75) is 24.0 Å². The van der Waals surface area contributed by atoms with E-state index in [9.17, 15) is 42.3 Å². The lowest BCUT2D eigenvalue weighted by Crippen LogP contribution is -2.71. The Balaban J connectivity index is 1.55. The highest BCUT2D eigenvalue weighted by atomic mass is 32.2. The number of anilines is 1. The Bertz CT molecular complexity index is 1440. The van der Waals surface area contributed by atoms with Gasteiger partial charge in [0.25, 0.3) is 17.7 Å². The fraction of sp³-hybridized carbons (Fsp3) is 0.318. The summed E-state index contributed by atoms with van der Waals surface area (Å²) < 4.78 is 37.6. The van der Waals surface area contributed by atoms with Crippen molar-refractivity contribution in [1.29, 1.82) is 0 Å². The second kappa shape index (κ2) is 11.0. The highest BCUT2D eigenvalue weighted by molar-refractivity contribution is 8.00. The van der Waals surface area contributed by atoms with Gasteiger partial charge in [0.1, 0.15) is 22.8 Å². The van der Waals surface area contributed by atoms with E-state index in [0.29, 0.717) is 18.5 Å². The number of carboxylic acid groups (broad SMARTS) is 1. The molecule has 2 saturated heterocycles. The van der Waals surface area contributed by atoms with Gasteiger partial charge in [-0.15, -0.1) is 29.5 Å². The number of thiazole rings is 1. The van der Waals surface area contributed by atoms with Gasteiger partial charge in [-0.05, 0) is 18.1 Å². The van der Waals surface area contributed by atoms with E-state index in [4.69, 9.17) is 12.2 Å². The van der Waals surface area contributed by atoms with Gasteiger partial charge in [-0.1, -0.05) is 11.1 Å². The molecule has 40 heavy (non-hydrogen) atoms. The molecule has 3 amide bonds. The van der Waals surface area contributed by atoms with Crippen LogP contribution in [-0.4, -0.2) is 91.7 Å². The predicted octanol–water partition coefficient (Wildman–Crippen LogP) is 0.0654. The number of terminal acetylenes is 1. The quantitative estimate of drug-likeness (QED) is 0.0969. The van der Waals surface area contributed by atoms with Gasteiger partial charge < -0.3 is 25.9 Å². The molecule has 0 saturated carbocycles. The summed E-state index contributed by atoms with van der Waals surface area (Å²) in [5.74, 6) is -4.13. The zero-order chi connectivity index (χ0) is 29.4. The summed E-state index contributed by atoms with van der Waals surface area (Å²) in [5.41, 5.74) is 4.47. The van der Waals surface area contributed by atoms with Crippen LogP contribution in [0.5, 0.6) is 0 Å². The number of hydrogen-bond donors (Lipinski definition) is 3. The monoisotopic (exact) mass is 598 g/mol. The van der Waals surface area contributed by atoms with Crippen LogP contribution in [0.4, 0.5) is 18.3 Å². The number of nitrogens with one attached hydrogen (secondary N) is 1. The number of nitrogens with two attached hydrogens (primary N) is 1. The molecule has 0 radical (unpaired) electrons. The number of allylic oxidation sites excluding steroid dienone is 1. The molecule has 4 rings (SSSR count). The van der Waals surface area contributed by atoms with Crippen molar-refractivity contribution in [1.82, 2.24) is 20.1 Å². The second-order valence-electron chi connectivity index (χ2n) is 8.28. The lowest BCUT2D eigenvalue weighted by atomic mass is 10.0. The Morgan fingerprint density at radius 2 is 2.10 bits per heavy atom. The van der Waals surface area contributed by atoms with Crippen LogP contribution in [0.15, 0.2) is 33.5 Å². The maximum atomic E-state index is 13.0. The largest absolute Gasteiger partial charge is 0.493 e. The fourth-order valence-electron chi connectivity index (χ4n) is 3.98.